The predicted molar refractivity (Wildman–Crippen MR) is 111 cm³/mol. The van der Waals surface area contributed by atoms with E-state index in [1.807, 2.05) is 13.0 Å². The molecule has 0 radical (unpaired) electrons. The number of nitrogens with one attached hydrogen (secondary N) is 1. The zero-order valence-electron chi connectivity index (χ0n) is 16.0. The summed E-state index contributed by atoms with van der Waals surface area (Å²) in [7, 11) is 0. The minimum absolute atomic E-state index is 0.136. The first-order chi connectivity index (χ1) is 13.0. The van der Waals surface area contributed by atoms with Crippen molar-refractivity contribution < 1.29 is 9.53 Å². The van der Waals surface area contributed by atoms with Crippen LogP contribution in [0.15, 0.2) is 42.5 Å². The van der Waals surface area contributed by atoms with Gasteiger partial charge in [0.15, 0.2) is 6.10 Å². The van der Waals surface area contributed by atoms with E-state index in [1.54, 1.807) is 19.1 Å². The van der Waals surface area contributed by atoms with Crippen molar-refractivity contribution in [2.75, 3.05) is 18.0 Å². The molecule has 0 spiro atoms. The highest BCUT2D eigenvalue weighted by atomic mass is 35.5. The first-order valence-corrected chi connectivity index (χ1v) is 9.95. The molecule has 0 bridgehead atoms. The van der Waals surface area contributed by atoms with Crippen molar-refractivity contribution in [3.63, 3.8) is 0 Å². The Balaban J connectivity index is 1.49. The second-order valence-electron chi connectivity index (χ2n) is 7.10. The van der Waals surface area contributed by atoms with E-state index in [-0.39, 0.29) is 5.91 Å². The number of aryl methyl sites for hydroxylation is 1. The van der Waals surface area contributed by atoms with Crippen molar-refractivity contribution in [1.82, 2.24) is 5.32 Å². The van der Waals surface area contributed by atoms with Gasteiger partial charge in [-0.1, -0.05) is 23.7 Å². The van der Waals surface area contributed by atoms with Crippen LogP contribution in [0.4, 0.5) is 5.69 Å². The van der Waals surface area contributed by atoms with Crippen LogP contribution < -0.4 is 15.0 Å². The zero-order valence-corrected chi connectivity index (χ0v) is 16.8. The number of amides is 1. The average Bonchev–Trinajstić information content (AvgIpc) is 2.70. The maximum Gasteiger partial charge on any atom is 0.261 e. The van der Waals surface area contributed by atoms with Crippen LogP contribution in [0.25, 0.3) is 0 Å². The normalized spacial score (nSPS) is 15.3. The third-order valence-corrected chi connectivity index (χ3v) is 5.36. The third kappa shape index (κ3) is 5.39. The van der Waals surface area contributed by atoms with Crippen molar-refractivity contribution in [3.8, 4) is 5.75 Å². The van der Waals surface area contributed by atoms with E-state index < -0.39 is 6.10 Å². The minimum Gasteiger partial charge on any atom is -0.481 e. The number of hydrogen-bond acceptors (Lipinski definition) is 3. The van der Waals surface area contributed by atoms with Gasteiger partial charge in [0, 0.05) is 30.3 Å². The summed E-state index contributed by atoms with van der Waals surface area (Å²) in [6.07, 6.45) is 3.29. The van der Waals surface area contributed by atoms with Gasteiger partial charge < -0.3 is 15.0 Å². The van der Waals surface area contributed by atoms with Gasteiger partial charge in [0.2, 0.25) is 0 Å². The third-order valence-electron chi connectivity index (χ3n) is 4.94. The average molecular weight is 387 g/mol. The van der Waals surface area contributed by atoms with E-state index in [1.165, 1.54) is 24.9 Å². The van der Waals surface area contributed by atoms with E-state index in [0.717, 1.165) is 24.2 Å². The number of nitrogens with zero attached hydrogens (tertiary/aromatic N) is 1. The van der Waals surface area contributed by atoms with Gasteiger partial charge in [-0.05, 0) is 74.6 Å². The van der Waals surface area contributed by atoms with E-state index in [4.69, 9.17) is 16.3 Å². The molecule has 1 N–H and O–H groups in total. The maximum atomic E-state index is 12.3. The lowest BCUT2D eigenvalue weighted by atomic mass is 10.1. The van der Waals surface area contributed by atoms with Crippen LogP contribution in [0.2, 0.25) is 5.02 Å². The predicted octanol–water partition coefficient (Wildman–Crippen LogP) is 4.72. The number of halogens is 1. The summed E-state index contributed by atoms with van der Waals surface area (Å²) >= 11 is 6.02. The van der Waals surface area contributed by atoms with Gasteiger partial charge in [-0.2, -0.15) is 0 Å². The molecule has 0 aromatic heterocycles. The molecule has 0 aliphatic carbocycles. The van der Waals surface area contributed by atoms with Crippen LogP contribution in [-0.4, -0.2) is 25.1 Å². The SMILES string of the molecule is Cc1cc(O[C@@H](C)C(=O)NCc2ccc(N3CCCCC3)cc2)ccc1Cl. The van der Waals surface area contributed by atoms with Gasteiger partial charge in [-0.3, -0.25) is 4.79 Å². The summed E-state index contributed by atoms with van der Waals surface area (Å²) in [5.41, 5.74) is 3.27. The van der Waals surface area contributed by atoms with Crippen LogP contribution in [0.3, 0.4) is 0 Å². The van der Waals surface area contributed by atoms with E-state index in [0.29, 0.717) is 17.3 Å². The first kappa shape index (κ1) is 19.6. The molecule has 144 valence electrons. The second kappa shape index (κ2) is 9.14. The van der Waals surface area contributed by atoms with E-state index in [9.17, 15) is 4.79 Å². The van der Waals surface area contributed by atoms with Crippen molar-refractivity contribution in [2.45, 2.75) is 45.8 Å². The molecular weight excluding hydrogens is 360 g/mol. The fourth-order valence-electron chi connectivity index (χ4n) is 3.26. The number of carbonyl (C=O) groups excluding carboxylic acids is 1. The lowest BCUT2D eigenvalue weighted by molar-refractivity contribution is -0.127. The van der Waals surface area contributed by atoms with E-state index >= 15 is 0 Å². The number of anilines is 1. The lowest BCUT2D eigenvalue weighted by Gasteiger charge is -2.28. The molecule has 0 saturated carbocycles. The number of ether oxygens (including phenoxy) is 1. The smallest absolute Gasteiger partial charge is 0.261 e. The Morgan fingerprint density at radius 3 is 2.52 bits per heavy atom. The van der Waals surface area contributed by atoms with Crippen LogP contribution >= 0.6 is 11.6 Å². The summed E-state index contributed by atoms with van der Waals surface area (Å²) in [4.78, 5) is 14.7. The Morgan fingerprint density at radius 1 is 1.15 bits per heavy atom. The monoisotopic (exact) mass is 386 g/mol. The number of benzene rings is 2. The summed E-state index contributed by atoms with van der Waals surface area (Å²) in [5.74, 6) is 0.508. The fraction of sp³-hybridized carbons (Fsp3) is 0.409. The summed E-state index contributed by atoms with van der Waals surface area (Å²) in [6.45, 7) is 6.42. The van der Waals surface area contributed by atoms with Crippen molar-refractivity contribution in [1.29, 1.82) is 0 Å². The van der Waals surface area contributed by atoms with Gasteiger partial charge in [0.05, 0.1) is 0 Å². The fourth-order valence-corrected chi connectivity index (χ4v) is 3.38. The number of rotatable bonds is 6. The van der Waals surface area contributed by atoms with Gasteiger partial charge in [0.1, 0.15) is 5.75 Å². The molecular formula is C22H27ClN2O2. The summed E-state index contributed by atoms with van der Waals surface area (Å²) < 4.78 is 5.72. The van der Waals surface area contributed by atoms with Gasteiger partial charge >= 0.3 is 0 Å². The molecule has 2 aromatic rings. The maximum absolute atomic E-state index is 12.3. The molecule has 1 saturated heterocycles. The second-order valence-corrected chi connectivity index (χ2v) is 7.51. The highest BCUT2D eigenvalue weighted by molar-refractivity contribution is 6.31. The van der Waals surface area contributed by atoms with Gasteiger partial charge in [-0.15, -0.1) is 0 Å². The molecule has 1 heterocycles. The molecule has 0 unspecified atom stereocenters. The molecule has 2 aromatic carbocycles. The number of piperidine rings is 1. The summed E-state index contributed by atoms with van der Waals surface area (Å²) in [6, 6.07) is 13.8. The number of hydrogen-bond donors (Lipinski definition) is 1. The van der Waals surface area contributed by atoms with Crippen LogP contribution in [0.1, 0.15) is 37.3 Å². The molecule has 1 fully saturated rings. The minimum atomic E-state index is -0.571. The lowest BCUT2D eigenvalue weighted by Crippen LogP contribution is -2.35. The van der Waals surface area contributed by atoms with Crippen LogP contribution in [-0.2, 0) is 11.3 Å². The Kier molecular flexibility index (Phi) is 6.62. The van der Waals surface area contributed by atoms with Crippen molar-refractivity contribution in [2.24, 2.45) is 0 Å². The molecule has 5 heteroatoms. The standard InChI is InChI=1S/C22H27ClN2O2/c1-16-14-20(10-11-21(16)23)27-17(2)22(26)24-15-18-6-8-19(9-7-18)25-12-4-3-5-13-25/h6-11,14,17H,3-5,12-13,15H2,1-2H3,(H,24,26)/t17-/m0/s1. The Bertz CT molecular complexity index is 770. The Labute approximate surface area is 166 Å². The molecule has 1 amide bonds. The van der Waals surface area contributed by atoms with Gasteiger partial charge in [-0.25, -0.2) is 0 Å². The molecule has 27 heavy (non-hydrogen) atoms. The molecule has 1 aliphatic heterocycles. The molecule has 3 rings (SSSR count). The highest BCUT2D eigenvalue weighted by Crippen LogP contribution is 2.22. The van der Waals surface area contributed by atoms with Crippen molar-refractivity contribution >= 4 is 23.2 Å². The molecule has 4 nitrogen and oxygen atoms in total. The zero-order chi connectivity index (χ0) is 19.2. The van der Waals surface area contributed by atoms with Crippen LogP contribution in [0, 0.1) is 6.92 Å². The Morgan fingerprint density at radius 2 is 1.85 bits per heavy atom. The molecule has 1 aliphatic rings. The Hall–Kier alpha value is -2.20. The van der Waals surface area contributed by atoms with Crippen LogP contribution in [0.5, 0.6) is 5.75 Å². The van der Waals surface area contributed by atoms with E-state index in [2.05, 4.69) is 34.5 Å². The topological polar surface area (TPSA) is 41.6 Å². The number of carbonyl (C=O) groups is 1. The largest absolute Gasteiger partial charge is 0.481 e. The molecule has 1 atom stereocenters. The highest BCUT2D eigenvalue weighted by Gasteiger charge is 2.15. The van der Waals surface area contributed by atoms with Gasteiger partial charge in [0.25, 0.3) is 5.91 Å². The first-order valence-electron chi connectivity index (χ1n) is 9.57. The quantitative estimate of drug-likeness (QED) is 0.780. The van der Waals surface area contributed by atoms with Crippen molar-refractivity contribution in [3.05, 3.63) is 58.6 Å². The summed E-state index contributed by atoms with van der Waals surface area (Å²) in [5, 5.41) is 3.63.